The van der Waals surface area contributed by atoms with Crippen LogP contribution in [0.15, 0.2) is 47.6 Å². The standard InChI is InChI=1S/C13H11N3O2S/c14-12(17)9-1-2-10-11(7-9)19-13(16(10)18)8-3-5-15-6-4-8/h1-7,13,18H,(H2,14,17). The lowest BCUT2D eigenvalue weighted by Gasteiger charge is -2.19. The van der Waals surface area contributed by atoms with E-state index in [1.165, 1.54) is 16.8 Å². The summed E-state index contributed by atoms with van der Waals surface area (Å²) in [5, 5.41) is 11.2. The van der Waals surface area contributed by atoms with E-state index in [2.05, 4.69) is 4.98 Å². The SMILES string of the molecule is NC(=O)c1ccc2c(c1)SC(c1ccncc1)N2O. The van der Waals surface area contributed by atoms with Crippen LogP contribution in [0.5, 0.6) is 0 Å². The number of nitrogens with zero attached hydrogens (tertiary/aromatic N) is 2. The summed E-state index contributed by atoms with van der Waals surface area (Å²) in [4.78, 5) is 16.0. The Bertz CT molecular complexity index is 633. The van der Waals surface area contributed by atoms with Gasteiger partial charge in [-0.15, -0.1) is 0 Å². The normalized spacial score (nSPS) is 17.3. The van der Waals surface area contributed by atoms with Crippen molar-refractivity contribution in [2.45, 2.75) is 10.3 Å². The van der Waals surface area contributed by atoms with Crippen molar-refractivity contribution >= 4 is 23.4 Å². The second kappa shape index (κ2) is 4.56. The third-order valence-corrected chi connectivity index (χ3v) is 4.22. The molecule has 5 nitrogen and oxygen atoms in total. The molecule has 0 saturated carbocycles. The molecule has 1 atom stereocenters. The van der Waals surface area contributed by atoms with E-state index in [1.807, 2.05) is 12.1 Å². The van der Waals surface area contributed by atoms with Gasteiger partial charge >= 0.3 is 0 Å². The van der Waals surface area contributed by atoms with Crippen LogP contribution >= 0.6 is 11.8 Å². The molecule has 3 rings (SSSR count). The summed E-state index contributed by atoms with van der Waals surface area (Å²) >= 11 is 1.47. The molecule has 0 bridgehead atoms. The number of benzene rings is 1. The Morgan fingerprint density at radius 1 is 1.32 bits per heavy atom. The van der Waals surface area contributed by atoms with Gasteiger partial charge in [0.25, 0.3) is 0 Å². The summed E-state index contributed by atoms with van der Waals surface area (Å²) in [5.41, 5.74) is 7.32. The number of amides is 1. The molecular formula is C13H11N3O2S. The zero-order valence-corrected chi connectivity index (χ0v) is 10.7. The van der Waals surface area contributed by atoms with E-state index in [-0.39, 0.29) is 5.37 Å². The molecule has 0 spiro atoms. The van der Waals surface area contributed by atoms with Crippen LogP contribution in [0.25, 0.3) is 0 Å². The van der Waals surface area contributed by atoms with Crippen LogP contribution in [0, 0.1) is 0 Å². The molecule has 1 aromatic carbocycles. The topological polar surface area (TPSA) is 79.5 Å². The average Bonchev–Trinajstić information content (AvgIpc) is 2.76. The van der Waals surface area contributed by atoms with Crippen LogP contribution in [0.4, 0.5) is 5.69 Å². The van der Waals surface area contributed by atoms with Crippen molar-refractivity contribution in [1.82, 2.24) is 4.98 Å². The number of thioether (sulfide) groups is 1. The van der Waals surface area contributed by atoms with Gasteiger partial charge in [-0.05, 0) is 35.9 Å². The summed E-state index contributed by atoms with van der Waals surface area (Å²) in [5.74, 6) is -0.472. The maximum absolute atomic E-state index is 11.2. The Kier molecular flexibility index (Phi) is 2.88. The summed E-state index contributed by atoms with van der Waals surface area (Å²) < 4.78 is 0. The van der Waals surface area contributed by atoms with Crippen molar-refractivity contribution in [3.05, 3.63) is 53.9 Å². The second-order valence-electron chi connectivity index (χ2n) is 4.14. The number of rotatable bonds is 2. The predicted molar refractivity (Wildman–Crippen MR) is 72.1 cm³/mol. The van der Waals surface area contributed by atoms with Gasteiger partial charge in [0.2, 0.25) is 5.91 Å². The molecule has 1 aromatic heterocycles. The molecule has 6 heteroatoms. The second-order valence-corrected chi connectivity index (χ2v) is 5.26. The number of primary amides is 1. The van der Waals surface area contributed by atoms with Crippen molar-refractivity contribution in [3.63, 3.8) is 0 Å². The van der Waals surface area contributed by atoms with Crippen molar-refractivity contribution in [2.24, 2.45) is 5.73 Å². The van der Waals surface area contributed by atoms with Gasteiger partial charge in [0.05, 0.1) is 5.69 Å². The van der Waals surface area contributed by atoms with Gasteiger partial charge in [0.1, 0.15) is 5.37 Å². The highest BCUT2D eigenvalue weighted by Crippen LogP contribution is 2.50. The molecule has 0 saturated heterocycles. The minimum absolute atomic E-state index is 0.235. The van der Waals surface area contributed by atoms with E-state index >= 15 is 0 Å². The first-order valence-corrected chi connectivity index (χ1v) is 6.53. The first-order valence-electron chi connectivity index (χ1n) is 5.65. The minimum atomic E-state index is -0.472. The Hall–Kier alpha value is -2.05. The largest absolute Gasteiger partial charge is 0.366 e. The number of nitrogens with two attached hydrogens (primary N) is 1. The van der Waals surface area contributed by atoms with Crippen molar-refractivity contribution in [1.29, 1.82) is 0 Å². The molecule has 1 aliphatic rings. The zero-order chi connectivity index (χ0) is 13.4. The molecule has 96 valence electrons. The lowest BCUT2D eigenvalue weighted by atomic mass is 10.2. The Morgan fingerprint density at radius 2 is 2.05 bits per heavy atom. The van der Waals surface area contributed by atoms with Crippen molar-refractivity contribution in [3.8, 4) is 0 Å². The van der Waals surface area contributed by atoms with Gasteiger partial charge in [-0.2, -0.15) is 0 Å². The van der Waals surface area contributed by atoms with E-state index in [4.69, 9.17) is 5.73 Å². The Morgan fingerprint density at radius 3 is 2.74 bits per heavy atom. The summed E-state index contributed by atoms with van der Waals surface area (Å²) in [6, 6.07) is 8.71. The molecule has 19 heavy (non-hydrogen) atoms. The fourth-order valence-electron chi connectivity index (χ4n) is 1.98. The highest BCUT2D eigenvalue weighted by molar-refractivity contribution is 8.00. The molecule has 1 amide bonds. The average molecular weight is 273 g/mol. The van der Waals surface area contributed by atoms with Gasteiger partial charge < -0.3 is 5.73 Å². The van der Waals surface area contributed by atoms with Crippen LogP contribution in [-0.4, -0.2) is 16.1 Å². The van der Waals surface area contributed by atoms with E-state index in [1.54, 1.807) is 30.6 Å². The molecule has 0 aliphatic carbocycles. The third-order valence-electron chi connectivity index (χ3n) is 2.94. The molecule has 1 aliphatic heterocycles. The van der Waals surface area contributed by atoms with Gasteiger partial charge in [-0.25, -0.2) is 5.06 Å². The van der Waals surface area contributed by atoms with Gasteiger partial charge in [-0.3, -0.25) is 15.0 Å². The van der Waals surface area contributed by atoms with Crippen molar-refractivity contribution in [2.75, 3.05) is 5.06 Å². The summed E-state index contributed by atoms with van der Waals surface area (Å²) in [6.07, 6.45) is 3.36. The monoisotopic (exact) mass is 273 g/mol. The maximum Gasteiger partial charge on any atom is 0.248 e. The quantitative estimate of drug-likeness (QED) is 0.876. The van der Waals surface area contributed by atoms with Crippen molar-refractivity contribution < 1.29 is 10.0 Å². The Balaban J connectivity index is 1.97. The first-order chi connectivity index (χ1) is 9.16. The smallest absolute Gasteiger partial charge is 0.248 e. The first kappa shape index (κ1) is 12.0. The maximum atomic E-state index is 11.2. The minimum Gasteiger partial charge on any atom is -0.366 e. The number of carbonyl (C=O) groups excluding carboxylic acids is 1. The molecule has 0 radical (unpaired) electrons. The van der Waals surface area contributed by atoms with E-state index in [9.17, 15) is 10.0 Å². The number of hydroxylamine groups is 1. The highest BCUT2D eigenvalue weighted by Gasteiger charge is 2.31. The van der Waals surface area contributed by atoms with Gasteiger partial charge in [-0.1, -0.05) is 11.8 Å². The molecule has 2 aromatic rings. The number of pyridine rings is 1. The van der Waals surface area contributed by atoms with E-state index in [0.29, 0.717) is 11.3 Å². The number of anilines is 1. The molecule has 0 fully saturated rings. The predicted octanol–water partition coefficient (Wildman–Crippen LogP) is 2.18. The fraction of sp³-hybridized carbons (Fsp3) is 0.0769. The van der Waals surface area contributed by atoms with Gasteiger partial charge in [0.15, 0.2) is 0 Å². The third kappa shape index (κ3) is 2.05. The number of hydrogen-bond donors (Lipinski definition) is 2. The van der Waals surface area contributed by atoms with Crippen LogP contribution in [-0.2, 0) is 0 Å². The summed E-state index contributed by atoms with van der Waals surface area (Å²) in [7, 11) is 0. The molecular weight excluding hydrogens is 262 g/mol. The van der Waals surface area contributed by atoms with E-state index in [0.717, 1.165) is 10.5 Å². The molecule has 1 unspecified atom stereocenters. The highest BCUT2D eigenvalue weighted by atomic mass is 32.2. The van der Waals surface area contributed by atoms with Crippen LogP contribution < -0.4 is 10.8 Å². The number of hydrogen-bond acceptors (Lipinski definition) is 5. The van der Waals surface area contributed by atoms with Crippen LogP contribution in [0.2, 0.25) is 0 Å². The molecule has 2 heterocycles. The van der Waals surface area contributed by atoms with Gasteiger partial charge in [0, 0.05) is 22.9 Å². The lowest BCUT2D eigenvalue weighted by Crippen LogP contribution is -2.18. The lowest BCUT2D eigenvalue weighted by molar-refractivity contribution is 0.1000. The van der Waals surface area contributed by atoms with E-state index < -0.39 is 5.91 Å². The van der Waals surface area contributed by atoms with Crippen LogP contribution in [0.3, 0.4) is 0 Å². The number of fused-ring (bicyclic) bond motifs is 1. The zero-order valence-electron chi connectivity index (χ0n) is 9.85. The number of aromatic nitrogens is 1. The van der Waals surface area contributed by atoms with Crippen LogP contribution in [0.1, 0.15) is 21.3 Å². The summed E-state index contributed by atoms with van der Waals surface area (Å²) in [6.45, 7) is 0. The number of carbonyl (C=O) groups is 1. The molecule has 3 N–H and O–H groups in total. The fourth-order valence-corrected chi connectivity index (χ4v) is 3.21. The Labute approximate surface area is 114 Å².